The largest absolute Gasteiger partial charge is 0.493 e. The molecule has 0 heterocycles. The number of rotatable bonds is 5. The van der Waals surface area contributed by atoms with E-state index in [1.54, 1.807) is 19.2 Å². The molecule has 0 saturated carbocycles. The topological polar surface area (TPSA) is 30.5 Å². The van der Waals surface area contributed by atoms with Crippen molar-refractivity contribution in [1.29, 1.82) is 0 Å². The lowest BCUT2D eigenvalue weighted by atomic mass is 10.2. The summed E-state index contributed by atoms with van der Waals surface area (Å²) in [5, 5.41) is 3.68. The summed E-state index contributed by atoms with van der Waals surface area (Å²) in [6, 6.07) is 8.05. The van der Waals surface area contributed by atoms with Gasteiger partial charge < -0.3 is 14.8 Å². The Kier molecular flexibility index (Phi) is 5.15. The van der Waals surface area contributed by atoms with Crippen LogP contribution in [0.5, 0.6) is 11.5 Å². The van der Waals surface area contributed by atoms with Crippen LogP contribution in [0.15, 0.2) is 30.3 Å². The highest BCUT2D eigenvalue weighted by molar-refractivity contribution is 6.32. The maximum Gasteiger partial charge on any atom is 0.179 e. The van der Waals surface area contributed by atoms with Crippen molar-refractivity contribution in [3.63, 3.8) is 0 Å². The van der Waals surface area contributed by atoms with E-state index in [0.717, 1.165) is 5.56 Å². The summed E-state index contributed by atoms with van der Waals surface area (Å²) in [5.74, 6) is 0.600. The number of hydrogen-bond donors (Lipinski definition) is 1. The Morgan fingerprint density at radius 2 is 1.81 bits per heavy atom. The number of hydrogen-bond acceptors (Lipinski definition) is 3. The minimum absolute atomic E-state index is 0.0744. The molecule has 6 heteroatoms. The van der Waals surface area contributed by atoms with Gasteiger partial charge in [0.15, 0.2) is 11.5 Å². The van der Waals surface area contributed by atoms with Crippen molar-refractivity contribution >= 4 is 28.9 Å². The molecule has 0 unspecified atom stereocenters. The zero-order chi connectivity index (χ0) is 15.4. The predicted molar refractivity (Wildman–Crippen MR) is 83.3 cm³/mol. The van der Waals surface area contributed by atoms with Crippen molar-refractivity contribution in [2.24, 2.45) is 0 Å². The highest BCUT2D eigenvalue weighted by atomic mass is 35.5. The predicted octanol–water partition coefficient (Wildman–Crippen LogP) is 4.76. The third kappa shape index (κ3) is 3.71. The first-order valence-corrected chi connectivity index (χ1v) is 6.90. The third-order valence-electron chi connectivity index (χ3n) is 2.91. The van der Waals surface area contributed by atoms with Crippen LogP contribution in [0.1, 0.15) is 5.56 Å². The fourth-order valence-corrected chi connectivity index (χ4v) is 2.37. The summed E-state index contributed by atoms with van der Waals surface area (Å²) in [6.45, 7) is 0.488. The monoisotopic (exact) mass is 329 g/mol. The van der Waals surface area contributed by atoms with Crippen molar-refractivity contribution in [1.82, 2.24) is 0 Å². The number of benzene rings is 2. The Morgan fingerprint density at radius 3 is 2.43 bits per heavy atom. The van der Waals surface area contributed by atoms with Crippen LogP contribution in [0.2, 0.25) is 10.0 Å². The highest BCUT2D eigenvalue weighted by Crippen LogP contribution is 2.36. The highest BCUT2D eigenvalue weighted by Gasteiger charge is 2.11. The molecular formula is C15H14Cl2FNO2. The summed E-state index contributed by atoms with van der Waals surface area (Å²) in [4.78, 5) is 0. The van der Waals surface area contributed by atoms with Gasteiger partial charge in [-0.1, -0.05) is 23.2 Å². The molecule has 112 valence electrons. The second-order valence-electron chi connectivity index (χ2n) is 4.30. The van der Waals surface area contributed by atoms with Gasteiger partial charge in [0.25, 0.3) is 0 Å². The van der Waals surface area contributed by atoms with E-state index in [1.807, 2.05) is 6.07 Å². The van der Waals surface area contributed by atoms with Crippen LogP contribution in [0.4, 0.5) is 10.1 Å². The molecule has 0 amide bonds. The molecule has 0 aliphatic carbocycles. The minimum Gasteiger partial charge on any atom is -0.493 e. The van der Waals surface area contributed by atoms with E-state index in [4.69, 9.17) is 32.7 Å². The standard InChI is InChI=1S/C15H14Cl2FNO2/c1-20-14-6-9(5-12(17)15(14)21-2)8-19-10-3-4-13(18)11(16)7-10/h3-7,19H,8H2,1-2H3. The normalized spacial score (nSPS) is 10.3. The molecule has 1 N–H and O–H groups in total. The van der Waals surface area contributed by atoms with Crippen molar-refractivity contribution in [3.8, 4) is 11.5 Å². The van der Waals surface area contributed by atoms with Gasteiger partial charge in [-0.2, -0.15) is 0 Å². The number of methoxy groups -OCH3 is 2. The molecule has 0 saturated heterocycles. The Hall–Kier alpha value is -1.65. The fraction of sp³-hybridized carbons (Fsp3) is 0.200. The lowest BCUT2D eigenvalue weighted by Gasteiger charge is -2.13. The summed E-state index contributed by atoms with van der Waals surface area (Å²) in [6.07, 6.45) is 0. The fourth-order valence-electron chi connectivity index (χ4n) is 1.88. The first-order chi connectivity index (χ1) is 10.0. The van der Waals surface area contributed by atoms with Gasteiger partial charge >= 0.3 is 0 Å². The maximum absolute atomic E-state index is 13.1. The van der Waals surface area contributed by atoms with Gasteiger partial charge in [0.2, 0.25) is 0 Å². The third-order valence-corrected chi connectivity index (χ3v) is 3.48. The van der Waals surface area contributed by atoms with Gasteiger partial charge in [-0.3, -0.25) is 0 Å². The van der Waals surface area contributed by atoms with Crippen LogP contribution in [0.25, 0.3) is 0 Å². The molecule has 0 spiro atoms. The van der Waals surface area contributed by atoms with Crippen LogP contribution in [-0.4, -0.2) is 14.2 Å². The molecule has 2 rings (SSSR count). The van der Waals surface area contributed by atoms with E-state index in [0.29, 0.717) is 28.8 Å². The Labute approximate surface area is 132 Å². The second-order valence-corrected chi connectivity index (χ2v) is 5.11. The zero-order valence-corrected chi connectivity index (χ0v) is 13.1. The Balaban J connectivity index is 2.16. The lowest BCUT2D eigenvalue weighted by molar-refractivity contribution is 0.355. The Bertz CT molecular complexity index is 650. The smallest absolute Gasteiger partial charge is 0.179 e. The molecule has 0 bridgehead atoms. The van der Waals surface area contributed by atoms with E-state index < -0.39 is 5.82 Å². The van der Waals surface area contributed by atoms with E-state index >= 15 is 0 Å². The van der Waals surface area contributed by atoms with E-state index in [1.165, 1.54) is 19.2 Å². The van der Waals surface area contributed by atoms with E-state index in [9.17, 15) is 4.39 Å². The van der Waals surface area contributed by atoms with Crippen LogP contribution in [0, 0.1) is 5.82 Å². The average Bonchev–Trinajstić information content (AvgIpc) is 2.47. The first-order valence-electron chi connectivity index (χ1n) is 6.14. The molecule has 0 aliphatic rings. The number of anilines is 1. The molecule has 0 atom stereocenters. The van der Waals surface area contributed by atoms with Gasteiger partial charge in [-0.25, -0.2) is 4.39 Å². The van der Waals surface area contributed by atoms with Gasteiger partial charge in [-0.15, -0.1) is 0 Å². The first kappa shape index (κ1) is 15.7. The molecule has 21 heavy (non-hydrogen) atoms. The molecule has 0 radical (unpaired) electrons. The zero-order valence-electron chi connectivity index (χ0n) is 11.5. The van der Waals surface area contributed by atoms with E-state index in [2.05, 4.69) is 5.32 Å². The van der Waals surface area contributed by atoms with Crippen LogP contribution in [-0.2, 0) is 6.54 Å². The van der Waals surface area contributed by atoms with Gasteiger partial charge in [-0.05, 0) is 35.9 Å². The maximum atomic E-state index is 13.1. The minimum atomic E-state index is -0.448. The van der Waals surface area contributed by atoms with Gasteiger partial charge in [0.1, 0.15) is 5.82 Å². The van der Waals surface area contributed by atoms with Crippen molar-refractivity contribution in [3.05, 3.63) is 51.8 Å². The summed E-state index contributed by atoms with van der Waals surface area (Å²) < 4.78 is 23.5. The molecule has 3 nitrogen and oxygen atoms in total. The quantitative estimate of drug-likeness (QED) is 0.857. The summed E-state index contributed by atoms with van der Waals surface area (Å²) in [7, 11) is 3.08. The van der Waals surface area contributed by atoms with Gasteiger partial charge in [0.05, 0.1) is 24.3 Å². The molecule has 0 fully saturated rings. The number of nitrogens with one attached hydrogen (secondary N) is 1. The number of halogens is 3. The molecular weight excluding hydrogens is 316 g/mol. The lowest BCUT2D eigenvalue weighted by Crippen LogP contribution is -2.01. The molecule has 0 aromatic heterocycles. The number of ether oxygens (including phenoxy) is 2. The average molecular weight is 330 g/mol. The summed E-state index contributed by atoms with van der Waals surface area (Å²) >= 11 is 11.9. The van der Waals surface area contributed by atoms with E-state index in [-0.39, 0.29) is 5.02 Å². The van der Waals surface area contributed by atoms with Crippen LogP contribution in [0.3, 0.4) is 0 Å². The SMILES string of the molecule is COc1cc(CNc2ccc(F)c(Cl)c2)cc(Cl)c1OC. The molecule has 2 aromatic rings. The summed E-state index contributed by atoms with van der Waals surface area (Å²) in [5.41, 5.74) is 1.62. The van der Waals surface area contributed by atoms with Crippen molar-refractivity contribution in [2.45, 2.75) is 6.54 Å². The van der Waals surface area contributed by atoms with Crippen LogP contribution >= 0.6 is 23.2 Å². The Morgan fingerprint density at radius 1 is 1.05 bits per heavy atom. The second kappa shape index (κ2) is 6.87. The van der Waals surface area contributed by atoms with Crippen LogP contribution < -0.4 is 14.8 Å². The molecule has 0 aliphatic heterocycles. The van der Waals surface area contributed by atoms with Crippen molar-refractivity contribution in [2.75, 3.05) is 19.5 Å². The molecule has 2 aromatic carbocycles. The van der Waals surface area contributed by atoms with Gasteiger partial charge in [0, 0.05) is 12.2 Å². The van der Waals surface area contributed by atoms with Crippen molar-refractivity contribution < 1.29 is 13.9 Å².